The molecule has 3 rings (SSSR count). The van der Waals surface area contributed by atoms with Crippen LogP contribution in [0.1, 0.15) is 24.0 Å². The van der Waals surface area contributed by atoms with Gasteiger partial charge in [-0.15, -0.1) is 0 Å². The van der Waals surface area contributed by atoms with Gasteiger partial charge in [0.2, 0.25) is 11.7 Å². The van der Waals surface area contributed by atoms with Crippen molar-refractivity contribution in [3.05, 3.63) is 53.6 Å². The maximum atomic E-state index is 12.6. The number of nitrogens with zero attached hydrogens (tertiary/aromatic N) is 2. The molecule has 2 N–H and O–H groups in total. The molecule has 9 nitrogen and oxygen atoms in total. The van der Waals surface area contributed by atoms with Gasteiger partial charge in [-0.05, 0) is 43.6 Å². The van der Waals surface area contributed by atoms with Crippen molar-refractivity contribution in [1.29, 1.82) is 0 Å². The first-order valence-corrected chi connectivity index (χ1v) is 11.7. The number of aliphatic hydroxyl groups is 1. The summed E-state index contributed by atoms with van der Waals surface area (Å²) in [5, 5.41) is 14.4. The van der Waals surface area contributed by atoms with Gasteiger partial charge in [-0.25, -0.2) is 5.43 Å². The number of piperidine rings is 1. The van der Waals surface area contributed by atoms with Gasteiger partial charge in [-0.1, -0.05) is 30.3 Å². The highest BCUT2D eigenvalue weighted by atomic mass is 16.5. The lowest BCUT2D eigenvalue weighted by atomic mass is 9.96. The van der Waals surface area contributed by atoms with Crippen molar-refractivity contribution in [1.82, 2.24) is 10.3 Å². The summed E-state index contributed by atoms with van der Waals surface area (Å²) in [6.45, 7) is 2.78. The zero-order chi connectivity index (χ0) is 25.0. The fourth-order valence-electron chi connectivity index (χ4n) is 4.05. The van der Waals surface area contributed by atoms with Gasteiger partial charge in [-0.3, -0.25) is 4.79 Å². The summed E-state index contributed by atoms with van der Waals surface area (Å²) in [6.07, 6.45) is 2.41. The number of hydrogen-bond acceptors (Lipinski definition) is 8. The zero-order valence-electron chi connectivity index (χ0n) is 20.6. The summed E-state index contributed by atoms with van der Waals surface area (Å²) in [5.74, 6) is 1.30. The Balaban J connectivity index is 1.39. The maximum absolute atomic E-state index is 12.6. The van der Waals surface area contributed by atoms with Crippen molar-refractivity contribution in [2.45, 2.75) is 25.6 Å². The number of aliphatic hydroxyl groups excluding tert-OH is 1. The number of carbonyl (C=O) groups excluding carboxylic acids is 1. The summed E-state index contributed by atoms with van der Waals surface area (Å²) in [7, 11) is 4.63. The van der Waals surface area contributed by atoms with Crippen molar-refractivity contribution in [2.24, 2.45) is 11.0 Å². The Morgan fingerprint density at radius 3 is 2.37 bits per heavy atom. The number of carbonyl (C=O) groups is 1. The molecule has 0 radical (unpaired) electrons. The number of rotatable bonds is 12. The van der Waals surface area contributed by atoms with E-state index in [-0.39, 0.29) is 18.4 Å². The number of likely N-dealkylation sites (tertiary alicyclic amines) is 1. The molecule has 0 unspecified atom stereocenters. The summed E-state index contributed by atoms with van der Waals surface area (Å²) in [4.78, 5) is 14.7. The van der Waals surface area contributed by atoms with Gasteiger partial charge in [-0.2, -0.15) is 5.10 Å². The van der Waals surface area contributed by atoms with E-state index in [1.165, 1.54) is 0 Å². The lowest BCUT2D eigenvalue weighted by Crippen LogP contribution is -2.43. The molecule has 1 aliphatic heterocycles. The van der Waals surface area contributed by atoms with Crippen LogP contribution in [0.4, 0.5) is 0 Å². The number of benzene rings is 2. The Hall–Kier alpha value is -3.14. The van der Waals surface area contributed by atoms with Crippen LogP contribution in [0.5, 0.6) is 17.2 Å². The Kier molecular flexibility index (Phi) is 10.3. The van der Waals surface area contributed by atoms with Crippen molar-refractivity contribution >= 4 is 12.1 Å². The summed E-state index contributed by atoms with van der Waals surface area (Å²) in [5.41, 5.74) is 4.42. The van der Waals surface area contributed by atoms with E-state index >= 15 is 0 Å². The third-order valence-electron chi connectivity index (χ3n) is 5.92. The Bertz CT molecular complexity index is 936. The SMILES string of the molecule is COc1cc(/C=N\NC(=O)C2CCN(C[C@H](O)COCc3ccccc3)CC2)cc(OC)c1OC. The summed E-state index contributed by atoms with van der Waals surface area (Å²) >= 11 is 0. The molecule has 1 heterocycles. The van der Waals surface area contributed by atoms with Gasteiger partial charge in [0.25, 0.3) is 0 Å². The molecule has 1 fully saturated rings. The largest absolute Gasteiger partial charge is 0.493 e. The minimum Gasteiger partial charge on any atom is -0.493 e. The van der Waals surface area contributed by atoms with Crippen LogP contribution in [0.15, 0.2) is 47.6 Å². The normalized spacial score (nSPS) is 15.7. The van der Waals surface area contributed by atoms with Crippen LogP contribution >= 0.6 is 0 Å². The van der Waals surface area contributed by atoms with Gasteiger partial charge in [0.1, 0.15) is 0 Å². The van der Waals surface area contributed by atoms with Crippen molar-refractivity contribution in [3.63, 3.8) is 0 Å². The number of hydrogen-bond donors (Lipinski definition) is 2. The van der Waals surface area contributed by atoms with Crippen LogP contribution in [0.2, 0.25) is 0 Å². The molecule has 2 aromatic rings. The summed E-state index contributed by atoms with van der Waals surface area (Å²) in [6, 6.07) is 13.4. The van der Waals surface area contributed by atoms with Gasteiger partial charge in [0, 0.05) is 18.0 Å². The highest BCUT2D eigenvalue weighted by molar-refractivity contribution is 5.85. The molecule has 1 aliphatic rings. The molecule has 0 spiro atoms. The van der Waals surface area contributed by atoms with E-state index in [0.717, 1.165) is 18.7 Å². The Morgan fingerprint density at radius 2 is 1.77 bits per heavy atom. The fourth-order valence-corrected chi connectivity index (χ4v) is 4.05. The molecule has 0 saturated carbocycles. The van der Waals surface area contributed by atoms with Crippen molar-refractivity contribution < 1.29 is 28.8 Å². The highest BCUT2D eigenvalue weighted by Gasteiger charge is 2.26. The van der Waals surface area contributed by atoms with Crippen molar-refractivity contribution in [2.75, 3.05) is 47.6 Å². The molecule has 0 aromatic heterocycles. The van der Waals surface area contributed by atoms with Crippen molar-refractivity contribution in [3.8, 4) is 17.2 Å². The smallest absolute Gasteiger partial charge is 0.243 e. The molecular weight excluding hydrogens is 450 g/mol. The first-order valence-electron chi connectivity index (χ1n) is 11.7. The minimum atomic E-state index is -0.563. The molecule has 0 aliphatic carbocycles. The molecule has 2 aromatic carbocycles. The van der Waals surface area contributed by atoms with E-state index in [9.17, 15) is 9.90 Å². The average molecular weight is 486 g/mol. The number of β-amino-alcohol motifs (C(OH)–C–C–N with tert-alkyl or cyclic N) is 1. The predicted octanol–water partition coefficient (Wildman–Crippen LogP) is 2.45. The second-order valence-corrected chi connectivity index (χ2v) is 8.42. The monoisotopic (exact) mass is 485 g/mol. The number of methoxy groups -OCH3 is 3. The van der Waals surface area contributed by atoms with Gasteiger partial charge < -0.3 is 29.0 Å². The number of hydrazone groups is 1. The third kappa shape index (κ3) is 7.95. The van der Waals surface area contributed by atoms with Crippen LogP contribution in [0, 0.1) is 5.92 Å². The number of nitrogens with one attached hydrogen (secondary N) is 1. The maximum Gasteiger partial charge on any atom is 0.243 e. The molecule has 190 valence electrons. The second kappa shape index (κ2) is 13.7. The topological polar surface area (TPSA) is 102 Å². The molecule has 1 amide bonds. The third-order valence-corrected chi connectivity index (χ3v) is 5.92. The van der Waals surface area contributed by atoms with E-state index in [1.807, 2.05) is 30.3 Å². The van der Waals surface area contributed by atoms with Gasteiger partial charge in [0.15, 0.2) is 11.5 Å². The zero-order valence-corrected chi connectivity index (χ0v) is 20.6. The van der Waals surface area contributed by atoms with Crippen LogP contribution < -0.4 is 19.6 Å². The molecule has 0 bridgehead atoms. The quantitative estimate of drug-likeness (QED) is 0.352. The molecule has 1 atom stereocenters. The standard InChI is InChI=1S/C26H35N3O6/c1-32-23-13-20(14-24(33-2)25(23)34-3)15-27-28-26(31)21-9-11-29(12-10-21)16-22(30)18-35-17-19-7-5-4-6-8-19/h4-8,13-15,21-22,30H,9-12,16-18H2,1-3H3,(H,28,31)/b27-15-/t22-/m0/s1. The van der Waals surface area contributed by atoms with Gasteiger partial charge in [0.05, 0.1) is 46.9 Å². The summed E-state index contributed by atoms with van der Waals surface area (Å²) < 4.78 is 21.6. The average Bonchev–Trinajstić information content (AvgIpc) is 2.89. The van der Waals surface area contributed by atoms with E-state index < -0.39 is 6.10 Å². The van der Waals surface area contributed by atoms with Crippen LogP contribution in [-0.2, 0) is 16.1 Å². The van der Waals surface area contributed by atoms with E-state index in [2.05, 4.69) is 15.4 Å². The van der Waals surface area contributed by atoms with E-state index in [4.69, 9.17) is 18.9 Å². The van der Waals surface area contributed by atoms with E-state index in [0.29, 0.717) is 48.8 Å². The number of amides is 1. The molecular formula is C26H35N3O6. The Labute approximate surface area is 206 Å². The molecule has 1 saturated heterocycles. The first-order chi connectivity index (χ1) is 17.0. The fraction of sp³-hybridized carbons (Fsp3) is 0.462. The van der Waals surface area contributed by atoms with Crippen LogP contribution in [0.3, 0.4) is 0 Å². The second-order valence-electron chi connectivity index (χ2n) is 8.42. The van der Waals surface area contributed by atoms with Crippen LogP contribution in [-0.4, -0.2) is 75.8 Å². The van der Waals surface area contributed by atoms with Gasteiger partial charge >= 0.3 is 0 Å². The molecule has 9 heteroatoms. The highest BCUT2D eigenvalue weighted by Crippen LogP contribution is 2.37. The van der Waals surface area contributed by atoms with E-state index in [1.54, 1.807) is 39.7 Å². The first kappa shape index (κ1) is 26.5. The lowest BCUT2D eigenvalue weighted by molar-refractivity contribution is -0.126. The lowest BCUT2D eigenvalue weighted by Gasteiger charge is -2.32. The minimum absolute atomic E-state index is 0.111. The predicted molar refractivity (Wildman–Crippen MR) is 133 cm³/mol. The molecule has 35 heavy (non-hydrogen) atoms. The van der Waals surface area contributed by atoms with Crippen LogP contribution in [0.25, 0.3) is 0 Å². The Morgan fingerprint density at radius 1 is 1.11 bits per heavy atom. The number of ether oxygens (including phenoxy) is 4.